The first-order valence-electron chi connectivity index (χ1n) is 10.9. The highest BCUT2D eigenvalue weighted by Gasteiger charge is 2.17. The minimum absolute atomic E-state index is 0.665. The third-order valence-corrected chi connectivity index (χ3v) is 5.93. The lowest BCUT2D eigenvalue weighted by Crippen LogP contribution is -2.08. The van der Waals surface area contributed by atoms with Gasteiger partial charge in [-0.2, -0.15) is 0 Å². The van der Waals surface area contributed by atoms with Crippen LogP contribution in [0.15, 0.2) is 103 Å². The Labute approximate surface area is 175 Å². The number of benzene rings is 3. The summed E-state index contributed by atoms with van der Waals surface area (Å²) in [5.41, 5.74) is 6.89. The van der Waals surface area contributed by atoms with Crippen molar-refractivity contribution in [3.63, 3.8) is 0 Å². The van der Waals surface area contributed by atoms with E-state index in [4.69, 9.17) is 0 Å². The number of rotatable bonds is 6. The van der Waals surface area contributed by atoms with Crippen molar-refractivity contribution in [2.24, 2.45) is 5.92 Å². The van der Waals surface area contributed by atoms with Crippen LogP contribution in [0.4, 0.5) is 0 Å². The maximum atomic E-state index is 2.49. The minimum atomic E-state index is 0.665. The third kappa shape index (κ3) is 5.57. The van der Waals surface area contributed by atoms with Crippen molar-refractivity contribution in [1.82, 2.24) is 0 Å². The summed E-state index contributed by atoms with van der Waals surface area (Å²) in [6, 6.07) is 32.5. The highest BCUT2D eigenvalue weighted by Crippen LogP contribution is 2.34. The molecule has 1 aliphatic rings. The maximum Gasteiger partial charge on any atom is -0.00197 e. The Morgan fingerprint density at radius 3 is 1.93 bits per heavy atom. The van der Waals surface area contributed by atoms with Gasteiger partial charge in [0.15, 0.2) is 0 Å². The molecule has 0 saturated heterocycles. The predicted molar refractivity (Wildman–Crippen MR) is 126 cm³/mol. The molecule has 0 bridgehead atoms. The monoisotopic (exact) mass is 378 g/mol. The van der Waals surface area contributed by atoms with Crippen LogP contribution in [0.3, 0.4) is 0 Å². The second-order valence-electron chi connectivity index (χ2n) is 8.09. The third-order valence-electron chi connectivity index (χ3n) is 5.93. The molecule has 4 rings (SSSR count). The Morgan fingerprint density at radius 2 is 1.28 bits per heavy atom. The van der Waals surface area contributed by atoms with Crippen molar-refractivity contribution in [3.8, 4) is 0 Å². The lowest BCUT2D eigenvalue weighted by atomic mass is 9.81. The molecule has 0 heterocycles. The highest BCUT2D eigenvalue weighted by molar-refractivity contribution is 5.73. The molecule has 0 aliphatic heterocycles. The zero-order valence-corrected chi connectivity index (χ0v) is 17.1. The molecule has 0 N–H and O–H groups in total. The molecule has 29 heavy (non-hydrogen) atoms. The van der Waals surface area contributed by atoms with E-state index in [0.717, 1.165) is 6.42 Å². The fraction of sp³-hybridized carbons (Fsp3) is 0.241. The Morgan fingerprint density at radius 1 is 0.690 bits per heavy atom. The summed E-state index contributed by atoms with van der Waals surface area (Å²) in [6.45, 7) is 0. The molecular weight excluding hydrogens is 348 g/mol. The van der Waals surface area contributed by atoms with Crippen LogP contribution in [0.5, 0.6) is 0 Å². The standard InChI is InChI=1S/C29H30/c1-5-13-24(14-6-1)21-28(26-17-9-3-10-18-26)23-29(27-19-11-4-12-20-27)22-25-15-7-2-8-16-25/h1-3,5-10,13-18,22-23,27H,4,11-12,19-21H2. The van der Waals surface area contributed by atoms with Gasteiger partial charge in [0.05, 0.1) is 0 Å². The van der Waals surface area contributed by atoms with Crippen LogP contribution in [0, 0.1) is 5.92 Å². The molecule has 0 heteroatoms. The van der Waals surface area contributed by atoms with Crippen LogP contribution in [-0.4, -0.2) is 0 Å². The summed E-state index contributed by atoms with van der Waals surface area (Å²) in [6.07, 6.45) is 12.6. The largest absolute Gasteiger partial charge is 0.0622 e. The molecule has 0 aromatic heterocycles. The van der Waals surface area contributed by atoms with E-state index in [-0.39, 0.29) is 0 Å². The van der Waals surface area contributed by atoms with Crippen LogP contribution in [0.1, 0.15) is 48.8 Å². The lowest BCUT2D eigenvalue weighted by Gasteiger charge is -2.24. The fourth-order valence-electron chi connectivity index (χ4n) is 4.36. The molecule has 0 nitrogen and oxygen atoms in total. The van der Waals surface area contributed by atoms with Gasteiger partial charge in [0, 0.05) is 0 Å². The van der Waals surface area contributed by atoms with Crippen molar-refractivity contribution >= 4 is 11.6 Å². The molecular formula is C29H30. The summed E-state index contributed by atoms with van der Waals surface area (Å²) in [5.74, 6) is 0.665. The Bertz CT molecular complexity index is 927. The summed E-state index contributed by atoms with van der Waals surface area (Å²) in [4.78, 5) is 0. The fourth-order valence-corrected chi connectivity index (χ4v) is 4.36. The van der Waals surface area contributed by atoms with Gasteiger partial charge < -0.3 is 0 Å². The van der Waals surface area contributed by atoms with Crippen LogP contribution in [-0.2, 0) is 6.42 Å². The molecule has 0 atom stereocenters. The quantitative estimate of drug-likeness (QED) is 0.381. The first-order chi connectivity index (χ1) is 14.4. The predicted octanol–water partition coefficient (Wildman–Crippen LogP) is 7.98. The van der Waals surface area contributed by atoms with Gasteiger partial charge in [-0.15, -0.1) is 0 Å². The van der Waals surface area contributed by atoms with E-state index in [1.165, 1.54) is 59.9 Å². The normalized spacial score (nSPS) is 16.0. The molecule has 0 amide bonds. The minimum Gasteiger partial charge on any atom is -0.0622 e. The molecule has 3 aromatic rings. The second-order valence-corrected chi connectivity index (χ2v) is 8.09. The van der Waals surface area contributed by atoms with E-state index in [9.17, 15) is 0 Å². The average Bonchev–Trinajstić information content (AvgIpc) is 2.81. The number of hydrogen-bond donors (Lipinski definition) is 0. The lowest BCUT2D eigenvalue weighted by molar-refractivity contribution is 0.410. The average molecular weight is 379 g/mol. The van der Waals surface area contributed by atoms with Gasteiger partial charge in [0.1, 0.15) is 0 Å². The SMILES string of the molecule is C(=C(Cc1ccccc1)c1ccccc1)C(=Cc1ccccc1)C1CCCCC1. The smallest absolute Gasteiger partial charge is 0.00197 e. The Kier molecular flexibility index (Phi) is 6.76. The van der Waals surface area contributed by atoms with Crippen molar-refractivity contribution < 1.29 is 0 Å². The Hall–Kier alpha value is -2.86. The molecule has 0 spiro atoms. The van der Waals surface area contributed by atoms with Crippen molar-refractivity contribution in [2.45, 2.75) is 38.5 Å². The van der Waals surface area contributed by atoms with E-state index in [0.29, 0.717) is 5.92 Å². The molecule has 1 saturated carbocycles. The van der Waals surface area contributed by atoms with Gasteiger partial charge in [-0.05, 0) is 53.0 Å². The van der Waals surface area contributed by atoms with Crippen LogP contribution >= 0.6 is 0 Å². The van der Waals surface area contributed by atoms with Crippen LogP contribution in [0.2, 0.25) is 0 Å². The molecule has 0 unspecified atom stereocenters. The summed E-state index contributed by atoms with van der Waals surface area (Å²) >= 11 is 0. The molecule has 146 valence electrons. The summed E-state index contributed by atoms with van der Waals surface area (Å²) in [5, 5.41) is 0. The maximum absolute atomic E-state index is 2.49. The van der Waals surface area contributed by atoms with E-state index in [1.54, 1.807) is 0 Å². The first kappa shape index (κ1) is 19.5. The van der Waals surface area contributed by atoms with Gasteiger partial charge in [-0.1, -0.05) is 122 Å². The van der Waals surface area contributed by atoms with E-state index in [1.807, 2.05) is 0 Å². The molecule has 0 radical (unpaired) electrons. The van der Waals surface area contributed by atoms with Gasteiger partial charge in [0.25, 0.3) is 0 Å². The molecule has 1 fully saturated rings. The number of hydrogen-bond acceptors (Lipinski definition) is 0. The van der Waals surface area contributed by atoms with Crippen LogP contribution < -0.4 is 0 Å². The van der Waals surface area contributed by atoms with Gasteiger partial charge in [0.2, 0.25) is 0 Å². The highest BCUT2D eigenvalue weighted by atomic mass is 14.2. The summed E-state index contributed by atoms with van der Waals surface area (Å²) < 4.78 is 0. The van der Waals surface area contributed by atoms with E-state index < -0.39 is 0 Å². The van der Waals surface area contributed by atoms with Gasteiger partial charge >= 0.3 is 0 Å². The van der Waals surface area contributed by atoms with Crippen molar-refractivity contribution in [3.05, 3.63) is 119 Å². The van der Waals surface area contributed by atoms with E-state index in [2.05, 4.69) is 103 Å². The Balaban J connectivity index is 1.75. The summed E-state index contributed by atoms with van der Waals surface area (Å²) in [7, 11) is 0. The van der Waals surface area contributed by atoms with Gasteiger partial charge in [-0.3, -0.25) is 0 Å². The zero-order chi connectivity index (χ0) is 19.7. The van der Waals surface area contributed by atoms with Gasteiger partial charge in [-0.25, -0.2) is 0 Å². The van der Waals surface area contributed by atoms with E-state index >= 15 is 0 Å². The van der Waals surface area contributed by atoms with Crippen molar-refractivity contribution in [1.29, 1.82) is 0 Å². The zero-order valence-electron chi connectivity index (χ0n) is 17.1. The molecule has 3 aromatic carbocycles. The number of allylic oxidation sites excluding steroid dienone is 3. The first-order valence-corrected chi connectivity index (χ1v) is 10.9. The molecule has 1 aliphatic carbocycles. The van der Waals surface area contributed by atoms with Crippen LogP contribution in [0.25, 0.3) is 11.6 Å². The second kappa shape index (κ2) is 10.1. The van der Waals surface area contributed by atoms with Crippen molar-refractivity contribution in [2.75, 3.05) is 0 Å². The topological polar surface area (TPSA) is 0 Å².